The third-order valence-electron chi connectivity index (χ3n) is 0.531. The third kappa shape index (κ3) is 4.72. The Balaban J connectivity index is 3.18. The summed E-state index contributed by atoms with van der Waals surface area (Å²) in [6.07, 6.45) is 1.71. The number of carbonyl (C=O) groups is 1. The minimum atomic E-state index is 0.425. The molecule has 8 heavy (non-hydrogen) atoms. The number of nitriles is 1. The van der Waals surface area contributed by atoms with Gasteiger partial charge in [0, 0.05) is 18.8 Å². The fraction of sp³-hybridized carbons (Fsp3) is 0.333. The van der Waals surface area contributed by atoms with Crippen LogP contribution in [0, 0.1) is 23.2 Å². The zero-order chi connectivity index (χ0) is 6.24. The van der Waals surface area contributed by atoms with Crippen molar-refractivity contribution in [3.63, 3.8) is 0 Å². The molecule has 0 radical (unpaired) electrons. The average molecular weight is 107 g/mol. The van der Waals surface area contributed by atoms with Gasteiger partial charge in [-0.1, -0.05) is 5.92 Å². The molecule has 0 aliphatic carbocycles. The van der Waals surface area contributed by atoms with E-state index in [2.05, 4.69) is 11.8 Å². The molecule has 0 saturated heterocycles. The second kappa shape index (κ2) is 5.72. The largest absolute Gasteiger partial charge is 0.303 e. The molecule has 2 heteroatoms. The van der Waals surface area contributed by atoms with Crippen LogP contribution in [-0.4, -0.2) is 6.29 Å². The Morgan fingerprint density at radius 1 is 1.62 bits per heavy atom. The smallest absolute Gasteiger partial charge is 0.152 e. The summed E-state index contributed by atoms with van der Waals surface area (Å²) in [4.78, 5) is 9.62. The van der Waals surface area contributed by atoms with Gasteiger partial charge in [-0.25, -0.2) is 0 Å². The van der Waals surface area contributed by atoms with E-state index in [0.29, 0.717) is 12.8 Å². The van der Waals surface area contributed by atoms with E-state index in [1.807, 2.05) is 0 Å². The van der Waals surface area contributed by atoms with Gasteiger partial charge in [-0.15, -0.1) is 0 Å². The molecule has 0 amide bonds. The van der Waals surface area contributed by atoms with Crippen molar-refractivity contribution in [2.24, 2.45) is 0 Å². The van der Waals surface area contributed by atoms with Gasteiger partial charge in [0.2, 0.25) is 0 Å². The fourth-order valence-corrected chi connectivity index (χ4v) is 0.233. The Hall–Kier alpha value is -1.28. The predicted octanol–water partition coefficient (Wildman–Crippen LogP) is 0.492. The molecule has 0 spiro atoms. The Labute approximate surface area is 48.1 Å². The molecule has 0 saturated carbocycles. The number of hydrogen-bond donors (Lipinski definition) is 0. The Bertz CT molecular complexity index is 156. The summed E-state index contributed by atoms with van der Waals surface area (Å²) in [6, 6.07) is 1.65. The fourth-order valence-electron chi connectivity index (χ4n) is 0.233. The lowest BCUT2D eigenvalue weighted by Gasteiger charge is -1.70. The first-order valence-corrected chi connectivity index (χ1v) is 2.22. The van der Waals surface area contributed by atoms with Crippen molar-refractivity contribution in [3.05, 3.63) is 0 Å². The molecule has 0 N–H and O–H groups in total. The van der Waals surface area contributed by atoms with E-state index in [1.54, 1.807) is 6.07 Å². The molecule has 0 aromatic carbocycles. The second-order valence-corrected chi connectivity index (χ2v) is 1.12. The van der Waals surface area contributed by atoms with Crippen LogP contribution in [0.15, 0.2) is 0 Å². The maximum atomic E-state index is 9.62. The van der Waals surface area contributed by atoms with Gasteiger partial charge >= 0.3 is 0 Å². The molecule has 0 unspecified atom stereocenters. The van der Waals surface area contributed by atoms with Crippen LogP contribution in [-0.2, 0) is 4.79 Å². The monoisotopic (exact) mass is 107 g/mol. The molecule has 0 heterocycles. The zero-order valence-electron chi connectivity index (χ0n) is 4.35. The van der Waals surface area contributed by atoms with Crippen molar-refractivity contribution in [1.29, 1.82) is 5.26 Å². The van der Waals surface area contributed by atoms with Crippen LogP contribution in [0.3, 0.4) is 0 Å². The lowest BCUT2D eigenvalue weighted by atomic mass is 10.3. The maximum absolute atomic E-state index is 9.62. The molecule has 0 bridgehead atoms. The molecule has 0 aliphatic rings. The van der Waals surface area contributed by atoms with E-state index in [0.717, 1.165) is 6.29 Å². The summed E-state index contributed by atoms with van der Waals surface area (Å²) >= 11 is 0. The highest BCUT2D eigenvalue weighted by atomic mass is 16.1. The van der Waals surface area contributed by atoms with Gasteiger partial charge in [-0.05, 0) is 0 Å². The van der Waals surface area contributed by atoms with Crippen LogP contribution < -0.4 is 0 Å². The highest BCUT2D eigenvalue weighted by Gasteiger charge is 1.73. The summed E-state index contributed by atoms with van der Waals surface area (Å²) < 4.78 is 0. The minimum absolute atomic E-state index is 0.425. The molecular formula is C6H5NO. The lowest BCUT2D eigenvalue weighted by Crippen LogP contribution is -1.69. The van der Waals surface area contributed by atoms with Crippen molar-refractivity contribution in [2.75, 3.05) is 0 Å². The third-order valence-corrected chi connectivity index (χ3v) is 0.531. The first-order valence-electron chi connectivity index (χ1n) is 2.22. The average Bonchev–Trinajstić information content (AvgIpc) is 1.81. The van der Waals surface area contributed by atoms with Crippen LogP contribution in [0.5, 0.6) is 0 Å². The van der Waals surface area contributed by atoms with Gasteiger partial charge in [0.05, 0.1) is 0 Å². The van der Waals surface area contributed by atoms with Crippen molar-refractivity contribution in [2.45, 2.75) is 12.8 Å². The number of aldehydes is 1. The van der Waals surface area contributed by atoms with Crippen LogP contribution in [0.4, 0.5) is 0 Å². The molecule has 2 nitrogen and oxygen atoms in total. The van der Waals surface area contributed by atoms with Crippen LogP contribution in [0.2, 0.25) is 0 Å². The van der Waals surface area contributed by atoms with Gasteiger partial charge in [0.1, 0.15) is 6.29 Å². The minimum Gasteiger partial charge on any atom is -0.303 e. The van der Waals surface area contributed by atoms with Gasteiger partial charge in [0.15, 0.2) is 6.07 Å². The number of nitrogens with zero attached hydrogens (tertiary/aromatic N) is 1. The summed E-state index contributed by atoms with van der Waals surface area (Å²) in [6.45, 7) is 0. The zero-order valence-corrected chi connectivity index (χ0v) is 4.35. The predicted molar refractivity (Wildman–Crippen MR) is 28.7 cm³/mol. The van der Waals surface area contributed by atoms with Crippen LogP contribution >= 0.6 is 0 Å². The van der Waals surface area contributed by atoms with E-state index < -0.39 is 0 Å². The Morgan fingerprint density at radius 2 is 2.38 bits per heavy atom. The quantitative estimate of drug-likeness (QED) is 0.293. The number of hydrogen-bond acceptors (Lipinski definition) is 2. The summed E-state index contributed by atoms with van der Waals surface area (Å²) in [5.74, 6) is 4.67. The molecule has 40 valence electrons. The molecule has 0 aromatic rings. The number of carbonyl (C=O) groups excluding carboxylic acids is 1. The SMILES string of the molecule is N#CC#CCCC=O. The Morgan fingerprint density at radius 3 is 2.88 bits per heavy atom. The molecule has 0 aliphatic heterocycles. The maximum Gasteiger partial charge on any atom is 0.152 e. The summed E-state index contributed by atoms with van der Waals surface area (Å²) in [7, 11) is 0. The highest BCUT2D eigenvalue weighted by Crippen LogP contribution is 1.77. The molecular weight excluding hydrogens is 102 g/mol. The lowest BCUT2D eigenvalue weighted by molar-refractivity contribution is -0.107. The number of rotatable bonds is 2. The van der Waals surface area contributed by atoms with E-state index >= 15 is 0 Å². The van der Waals surface area contributed by atoms with E-state index in [9.17, 15) is 4.79 Å². The first kappa shape index (κ1) is 6.72. The van der Waals surface area contributed by atoms with Gasteiger partial charge < -0.3 is 4.79 Å². The topological polar surface area (TPSA) is 40.9 Å². The number of unbranched alkanes of at least 4 members (excludes halogenated alkanes) is 1. The van der Waals surface area contributed by atoms with Gasteiger partial charge in [-0.2, -0.15) is 5.26 Å². The van der Waals surface area contributed by atoms with Gasteiger partial charge in [-0.3, -0.25) is 0 Å². The van der Waals surface area contributed by atoms with Gasteiger partial charge in [0.25, 0.3) is 0 Å². The van der Waals surface area contributed by atoms with E-state index in [1.165, 1.54) is 0 Å². The van der Waals surface area contributed by atoms with Crippen LogP contribution in [0.1, 0.15) is 12.8 Å². The van der Waals surface area contributed by atoms with Crippen LogP contribution in [0.25, 0.3) is 0 Å². The molecule has 0 rings (SSSR count). The van der Waals surface area contributed by atoms with E-state index in [-0.39, 0.29) is 0 Å². The van der Waals surface area contributed by atoms with Crippen molar-refractivity contribution in [1.82, 2.24) is 0 Å². The summed E-state index contributed by atoms with van der Waals surface area (Å²) in [5.41, 5.74) is 0. The highest BCUT2D eigenvalue weighted by molar-refractivity contribution is 5.49. The Kier molecular flexibility index (Phi) is 4.80. The second-order valence-electron chi connectivity index (χ2n) is 1.12. The van der Waals surface area contributed by atoms with Crippen molar-refractivity contribution in [3.8, 4) is 17.9 Å². The normalized spacial score (nSPS) is 5.88. The standard InChI is InChI=1S/C6H5NO/c7-5-3-1-2-4-6-8/h6H,2,4H2. The summed E-state index contributed by atoms with van der Waals surface area (Å²) in [5, 5.41) is 7.85. The van der Waals surface area contributed by atoms with Crippen molar-refractivity contribution < 1.29 is 4.79 Å². The first-order chi connectivity index (χ1) is 3.91. The molecule has 0 atom stereocenters. The van der Waals surface area contributed by atoms with E-state index in [4.69, 9.17) is 5.26 Å². The van der Waals surface area contributed by atoms with Crippen molar-refractivity contribution >= 4 is 6.29 Å². The molecule has 0 fully saturated rings. The molecule has 0 aromatic heterocycles.